The number of anilines is 2. The highest BCUT2D eigenvalue weighted by Gasteiger charge is 2.19. The Labute approximate surface area is 195 Å². The fourth-order valence-corrected chi connectivity index (χ4v) is 3.43. The Balaban J connectivity index is 1.71. The van der Waals surface area contributed by atoms with Crippen LogP contribution in [0.5, 0.6) is 11.5 Å². The van der Waals surface area contributed by atoms with Crippen LogP contribution in [0.4, 0.5) is 22.7 Å². The van der Waals surface area contributed by atoms with E-state index in [9.17, 15) is 14.7 Å². The zero-order valence-corrected chi connectivity index (χ0v) is 18.4. The lowest BCUT2D eigenvalue weighted by atomic mass is 10.0. The molecule has 8 heteroatoms. The summed E-state index contributed by atoms with van der Waals surface area (Å²) in [6.07, 6.45) is 0.587. The first-order valence-corrected chi connectivity index (χ1v) is 10.6. The van der Waals surface area contributed by atoms with Gasteiger partial charge < -0.3 is 20.5 Å². The number of rotatable bonds is 8. The molecular formula is C26H22N4O4. The first kappa shape index (κ1) is 22.5. The quantitative estimate of drug-likeness (QED) is 0.218. The van der Waals surface area contributed by atoms with Gasteiger partial charge in [-0.05, 0) is 54.8 Å². The Morgan fingerprint density at radius 1 is 1.00 bits per heavy atom. The fourth-order valence-electron chi connectivity index (χ4n) is 3.43. The normalized spacial score (nSPS) is 10.9. The van der Waals surface area contributed by atoms with E-state index in [4.69, 9.17) is 4.74 Å². The number of hydrogen-bond acceptors (Lipinski definition) is 6. The number of carbonyl (C=O) groups is 2. The zero-order chi connectivity index (χ0) is 23.9. The largest absolute Gasteiger partial charge is 0.505 e. The number of aromatic hydroxyl groups is 1. The number of ether oxygens (including phenoxy) is 1. The van der Waals surface area contributed by atoms with E-state index in [0.717, 1.165) is 5.39 Å². The standard InChI is InChI=1S/C26H22N4O4/c1-2-34-23-10-6-5-9-22(23)28-26(33)21-15-17-7-3-4-8-20(17)24(25(21)32)30-29-19-13-11-18(12-14-19)27-16-31/h3-16,32H,2H2,1H3,(H,27,31)(H,28,33). The van der Waals surface area contributed by atoms with Crippen molar-refractivity contribution in [3.8, 4) is 11.5 Å². The van der Waals surface area contributed by atoms with Gasteiger partial charge in [0.25, 0.3) is 5.91 Å². The second kappa shape index (κ2) is 10.3. The molecule has 0 saturated heterocycles. The summed E-state index contributed by atoms with van der Waals surface area (Å²) in [4.78, 5) is 23.7. The van der Waals surface area contributed by atoms with Crippen molar-refractivity contribution in [3.05, 3.63) is 84.4 Å². The van der Waals surface area contributed by atoms with E-state index in [1.807, 2.05) is 31.2 Å². The second-order valence-electron chi connectivity index (χ2n) is 7.23. The summed E-state index contributed by atoms with van der Waals surface area (Å²) in [6.45, 7) is 2.31. The molecule has 2 amide bonds. The number of azo groups is 1. The van der Waals surface area contributed by atoms with Crippen LogP contribution < -0.4 is 15.4 Å². The first-order valence-electron chi connectivity index (χ1n) is 10.6. The van der Waals surface area contributed by atoms with Crippen molar-refractivity contribution in [1.82, 2.24) is 0 Å². The molecule has 0 unspecified atom stereocenters. The summed E-state index contributed by atoms with van der Waals surface area (Å²) in [5.74, 6) is -0.254. The van der Waals surface area contributed by atoms with Crippen molar-refractivity contribution in [2.75, 3.05) is 17.2 Å². The number of fused-ring (bicyclic) bond motifs is 1. The van der Waals surface area contributed by atoms with Gasteiger partial charge in [-0.2, -0.15) is 5.11 Å². The van der Waals surface area contributed by atoms with E-state index in [1.54, 1.807) is 54.6 Å². The predicted octanol–water partition coefficient (Wildman–Crippen LogP) is 6.18. The average molecular weight is 454 g/mol. The fraction of sp³-hybridized carbons (Fsp3) is 0.0769. The van der Waals surface area contributed by atoms with Gasteiger partial charge in [-0.3, -0.25) is 9.59 Å². The summed E-state index contributed by atoms with van der Waals surface area (Å²) in [7, 11) is 0. The van der Waals surface area contributed by atoms with Crippen LogP contribution in [0.2, 0.25) is 0 Å². The molecule has 0 aliphatic carbocycles. The van der Waals surface area contributed by atoms with Gasteiger partial charge in [0.15, 0.2) is 5.75 Å². The monoisotopic (exact) mass is 454 g/mol. The van der Waals surface area contributed by atoms with Gasteiger partial charge in [0.05, 0.1) is 23.5 Å². The summed E-state index contributed by atoms with van der Waals surface area (Å²) in [5, 5.41) is 26.2. The Morgan fingerprint density at radius 2 is 1.74 bits per heavy atom. The van der Waals surface area contributed by atoms with E-state index < -0.39 is 5.91 Å². The summed E-state index contributed by atoms with van der Waals surface area (Å²) >= 11 is 0. The number of nitrogens with one attached hydrogen (secondary N) is 2. The number of phenols is 1. The maximum absolute atomic E-state index is 13.1. The van der Waals surface area contributed by atoms with Crippen LogP contribution in [0.25, 0.3) is 10.8 Å². The van der Waals surface area contributed by atoms with Crippen LogP contribution in [-0.2, 0) is 4.79 Å². The molecule has 3 N–H and O–H groups in total. The van der Waals surface area contributed by atoms with E-state index in [0.29, 0.717) is 41.2 Å². The van der Waals surface area contributed by atoms with Gasteiger partial charge in [-0.1, -0.05) is 36.4 Å². The summed E-state index contributed by atoms with van der Waals surface area (Å²) in [5.41, 5.74) is 1.86. The lowest BCUT2D eigenvalue weighted by Gasteiger charge is -2.13. The molecule has 170 valence electrons. The maximum atomic E-state index is 13.1. The topological polar surface area (TPSA) is 112 Å². The van der Waals surface area contributed by atoms with E-state index in [1.165, 1.54) is 0 Å². The highest BCUT2D eigenvalue weighted by Crippen LogP contribution is 2.40. The molecule has 34 heavy (non-hydrogen) atoms. The third-order valence-electron chi connectivity index (χ3n) is 5.03. The van der Waals surface area contributed by atoms with E-state index >= 15 is 0 Å². The predicted molar refractivity (Wildman–Crippen MR) is 131 cm³/mol. The maximum Gasteiger partial charge on any atom is 0.259 e. The smallest absolute Gasteiger partial charge is 0.259 e. The lowest BCUT2D eigenvalue weighted by molar-refractivity contribution is -0.105. The lowest BCUT2D eigenvalue weighted by Crippen LogP contribution is -2.13. The number of carbonyl (C=O) groups excluding carboxylic acids is 2. The minimum atomic E-state index is -0.504. The molecule has 0 atom stereocenters. The van der Waals surface area contributed by atoms with Gasteiger partial charge in [0.1, 0.15) is 11.4 Å². The van der Waals surface area contributed by atoms with Crippen molar-refractivity contribution in [2.24, 2.45) is 10.2 Å². The van der Waals surface area contributed by atoms with Crippen LogP contribution >= 0.6 is 0 Å². The molecule has 0 spiro atoms. The summed E-state index contributed by atoms with van der Waals surface area (Å²) in [6, 6.07) is 22.7. The third kappa shape index (κ3) is 4.86. The Bertz CT molecular complexity index is 1370. The molecule has 0 heterocycles. The molecule has 0 aromatic heterocycles. The first-order chi connectivity index (χ1) is 16.6. The van der Waals surface area contributed by atoms with Gasteiger partial charge in [0, 0.05) is 11.1 Å². The highest BCUT2D eigenvalue weighted by atomic mass is 16.5. The van der Waals surface area contributed by atoms with Crippen LogP contribution in [0.3, 0.4) is 0 Å². The van der Waals surface area contributed by atoms with E-state index in [2.05, 4.69) is 20.9 Å². The molecule has 0 bridgehead atoms. The zero-order valence-electron chi connectivity index (χ0n) is 18.4. The van der Waals surface area contributed by atoms with Gasteiger partial charge in [-0.25, -0.2) is 0 Å². The van der Waals surface area contributed by atoms with Crippen LogP contribution in [0.15, 0.2) is 89.1 Å². The van der Waals surface area contributed by atoms with Gasteiger partial charge in [0.2, 0.25) is 6.41 Å². The number of phenolic OH excluding ortho intramolecular Hbond substituents is 1. The van der Waals surface area contributed by atoms with Crippen LogP contribution in [0, 0.1) is 0 Å². The minimum absolute atomic E-state index is 0.0597. The van der Waals surface area contributed by atoms with Crippen molar-refractivity contribution in [2.45, 2.75) is 6.92 Å². The number of benzene rings is 4. The number of amides is 2. The van der Waals surface area contributed by atoms with Crippen molar-refractivity contribution >= 4 is 45.8 Å². The van der Waals surface area contributed by atoms with Crippen molar-refractivity contribution in [1.29, 1.82) is 0 Å². The third-order valence-corrected chi connectivity index (χ3v) is 5.03. The minimum Gasteiger partial charge on any atom is -0.505 e. The highest BCUT2D eigenvalue weighted by molar-refractivity contribution is 6.12. The molecule has 0 saturated carbocycles. The molecule has 4 rings (SSSR count). The molecule has 4 aromatic rings. The molecule has 0 fully saturated rings. The molecule has 0 aliphatic heterocycles. The van der Waals surface area contributed by atoms with Crippen molar-refractivity contribution in [3.63, 3.8) is 0 Å². The molecule has 0 aliphatic rings. The van der Waals surface area contributed by atoms with E-state index in [-0.39, 0.29) is 17.0 Å². The second-order valence-corrected chi connectivity index (χ2v) is 7.23. The molecule has 8 nitrogen and oxygen atoms in total. The number of nitrogens with zero attached hydrogens (tertiary/aromatic N) is 2. The van der Waals surface area contributed by atoms with Gasteiger partial charge in [-0.15, -0.1) is 5.11 Å². The van der Waals surface area contributed by atoms with Crippen LogP contribution in [0.1, 0.15) is 17.3 Å². The number of hydrogen-bond donors (Lipinski definition) is 3. The number of para-hydroxylation sites is 2. The summed E-state index contributed by atoms with van der Waals surface area (Å²) < 4.78 is 5.57. The molecule has 0 radical (unpaired) electrons. The molecular weight excluding hydrogens is 432 g/mol. The van der Waals surface area contributed by atoms with Crippen molar-refractivity contribution < 1.29 is 19.4 Å². The Hall–Kier alpha value is -4.72. The average Bonchev–Trinajstić information content (AvgIpc) is 2.85. The van der Waals surface area contributed by atoms with Gasteiger partial charge >= 0.3 is 0 Å². The Kier molecular flexibility index (Phi) is 6.78. The van der Waals surface area contributed by atoms with Crippen LogP contribution in [-0.4, -0.2) is 24.0 Å². The molecule has 4 aromatic carbocycles. The SMILES string of the molecule is CCOc1ccccc1NC(=O)c1cc2ccccc2c(N=Nc2ccc(NC=O)cc2)c1O. The Morgan fingerprint density at radius 3 is 2.50 bits per heavy atom.